The van der Waals surface area contributed by atoms with Crippen LogP contribution in [0.15, 0.2) is 17.2 Å². The molecular formula is C8H8ClN5O2. The molecule has 8 heteroatoms. The summed E-state index contributed by atoms with van der Waals surface area (Å²) in [6.45, 7) is 0.160. The van der Waals surface area contributed by atoms with Gasteiger partial charge < -0.3 is 10.1 Å². The van der Waals surface area contributed by atoms with Crippen LogP contribution in [0.5, 0.6) is 6.01 Å². The van der Waals surface area contributed by atoms with Gasteiger partial charge in [-0.1, -0.05) is 11.6 Å². The van der Waals surface area contributed by atoms with Crippen LogP contribution in [0.2, 0.25) is 5.02 Å². The molecule has 0 radical (unpaired) electrons. The highest BCUT2D eigenvalue weighted by Crippen LogP contribution is 2.08. The monoisotopic (exact) mass is 241 g/mol. The summed E-state index contributed by atoms with van der Waals surface area (Å²) in [7, 11) is 0. The zero-order valence-electron chi connectivity index (χ0n) is 8.03. The van der Waals surface area contributed by atoms with Crippen LogP contribution in [0, 0.1) is 0 Å². The summed E-state index contributed by atoms with van der Waals surface area (Å²) in [6.07, 6.45) is 3.27. The Labute approximate surface area is 94.5 Å². The van der Waals surface area contributed by atoms with Gasteiger partial charge in [0.05, 0.1) is 24.1 Å². The van der Waals surface area contributed by atoms with Gasteiger partial charge in [0, 0.05) is 0 Å². The summed E-state index contributed by atoms with van der Waals surface area (Å²) in [6, 6.07) is -0.723. The van der Waals surface area contributed by atoms with Gasteiger partial charge in [0.25, 0.3) is 5.56 Å². The van der Waals surface area contributed by atoms with E-state index in [4.69, 9.17) is 17.3 Å². The van der Waals surface area contributed by atoms with E-state index >= 15 is 0 Å². The summed E-state index contributed by atoms with van der Waals surface area (Å²) in [5.74, 6) is 0.380. The first-order valence-electron chi connectivity index (χ1n) is 4.36. The van der Waals surface area contributed by atoms with E-state index in [-0.39, 0.29) is 17.3 Å². The quantitative estimate of drug-likeness (QED) is 0.570. The number of halogens is 1. The number of nitrogens with zero attached hydrogens (tertiary/aromatic N) is 2. The van der Waals surface area contributed by atoms with Crippen molar-refractivity contribution in [3.8, 4) is 6.01 Å². The Morgan fingerprint density at radius 2 is 2.38 bits per heavy atom. The third-order valence-corrected chi connectivity index (χ3v) is 2.41. The van der Waals surface area contributed by atoms with Crippen molar-refractivity contribution in [1.82, 2.24) is 15.0 Å². The zero-order valence-corrected chi connectivity index (χ0v) is 8.78. The number of hydrogen-bond donors (Lipinski definition) is 3. The predicted octanol–water partition coefficient (Wildman–Crippen LogP) is -1.26. The lowest BCUT2D eigenvalue weighted by atomic mass is 10.4. The molecule has 2 heterocycles. The minimum atomic E-state index is -0.723. The molecule has 0 spiro atoms. The standard InChI is InChI=1S/C8H8ClN5O2/c9-5-4(12-8(16)13-6(5)15)3-14-2-1-11-7(14)10/h1-2H,3H2,(H4,10,11,12,13,15,16). The Morgan fingerprint density at radius 1 is 1.62 bits per heavy atom. The number of anilines is 1. The molecule has 0 bridgehead atoms. The molecule has 2 aromatic rings. The van der Waals surface area contributed by atoms with Gasteiger partial charge in [-0.2, -0.15) is 0 Å². The van der Waals surface area contributed by atoms with Crippen molar-refractivity contribution in [2.75, 3.05) is 5.73 Å². The van der Waals surface area contributed by atoms with E-state index in [1.54, 1.807) is 17.0 Å². The number of H-pyrrole nitrogens is 2. The van der Waals surface area contributed by atoms with Crippen LogP contribution < -0.4 is 21.0 Å². The first-order valence-corrected chi connectivity index (χ1v) is 4.73. The second-order valence-corrected chi connectivity index (χ2v) is 3.48. The molecule has 7 nitrogen and oxygen atoms in total. The van der Waals surface area contributed by atoms with E-state index < -0.39 is 11.6 Å². The second-order valence-electron chi connectivity index (χ2n) is 3.10. The highest BCUT2D eigenvalue weighted by Gasteiger charge is 2.11. The molecule has 2 rings (SSSR count). The van der Waals surface area contributed by atoms with Crippen LogP contribution >= 0.6 is 11.6 Å². The van der Waals surface area contributed by atoms with Crippen molar-refractivity contribution in [2.24, 2.45) is 0 Å². The molecule has 16 heavy (non-hydrogen) atoms. The van der Waals surface area contributed by atoms with Crippen LogP contribution in [0.1, 0.15) is 5.69 Å². The minimum absolute atomic E-state index is 0.104. The normalized spacial score (nSPS) is 10.6. The Balaban J connectivity index is 2.42. The maximum absolute atomic E-state index is 11.2. The number of imidazole rings is 1. The fourth-order valence-electron chi connectivity index (χ4n) is 1.26. The van der Waals surface area contributed by atoms with E-state index in [2.05, 4.69) is 9.97 Å². The Bertz CT molecular complexity index is 576. The van der Waals surface area contributed by atoms with Gasteiger partial charge in [-0.3, -0.25) is 10.5 Å². The van der Waals surface area contributed by atoms with E-state index in [0.717, 1.165) is 0 Å². The highest BCUT2D eigenvalue weighted by atomic mass is 35.5. The van der Waals surface area contributed by atoms with Gasteiger partial charge in [-0.05, 0) is 0 Å². The summed E-state index contributed by atoms with van der Waals surface area (Å²) in [5.41, 5.74) is 5.13. The van der Waals surface area contributed by atoms with Crippen molar-refractivity contribution in [1.29, 1.82) is 0 Å². The Hall–Kier alpha value is -2.02. The zero-order chi connectivity index (χ0) is 11.7. The van der Waals surface area contributed by atoms with Crippen molar-refractivity contribution < 1.29 is 9.67 Å². The van der Waals surface area contributed by atoms with Crippen molar-refractivity contribution in [2.45, 2.75) is 6.54 Å². The number of aromatic nitrogens is 4. The number of nitrogen functional groups attached to an aromatic ring is 1. The number of nitrogens with two attached hydrogens (primary N) is 1. The van der Waals surface area contributed by atoms with E-state index in [0.29, 0.717) is 5.95 Å². The summed E-state index contributed by atoms with van der Waals surface area (Å²) >= 11 is 5.72. The Morgan fingerprint density at radius 3 is 3.00 bits per heavy atom. The van der Waals surface area contributed by atoms with Gasteiger partial charge in [0.15, 0.2) is 0 Å². The van der Waals surface area contributed by atoms with Gasteiger partial charge in [-0.25, -0.2) is 14.5 Å². The first-order chi connectivity index (χ1) is 7.58. The number of hydrogen-bond acceptors (Lipinski definition) is 4. The fraction of sp³-hybridized carbons (Fsp3) is 0.125. The average Bonchev–Trinajstić information content (AvgIpc) is 2.60. The average molecular weight is 242 g/mol. The van der Waals surface area contributed by atoms with Gasteiger partial charge >= 0.3 is 5.95 Å². The molecular weight excluding hydrogens is 234 g/mol. The van der Waals surface area contributed by atoms with Crippen LogP contribution in [0.3, 0.4) is 0 Å². The van der Waals surface area contributed by atoms with Crippen molar-refractivity contribution >= 4 is 17.5 Å². The molecule has 0 aromatic carbocycles. The van der Waals surface area contributed by atoms with Gasteiger partial charge in [-0.15, -0.1) is 0 Å². The molecule has 0 saturated carbocycles. The molecule has 4 N–H and O–H groups in total. The molecule has 2 aromatic heterocycles. The molecule has 0 aliphatic carbocycles. The van der Waals surface area contributed by atoms with Crippen LogP contribution in [-0.2, 0) is 6.54 Å². The van der Waals surface area contributed by atoms with Gasteiger partial charge in [0.2, 0.25) is 0 Å². The largest absolute Gasteiger partial charge is 0.846 e. The molecule has 0 unspecified atom stereocenters. The second kappa shape index (κ2) is 3.86. The SMILES string of the molecule is Nc1[nH]cc[n+]1Cc1nc([O-])[nH]c(=O)c1Cl. The van der Waals surface area contributed by atoms with E-state index in [9.17, 15) is 9.90 Å². The number of aromatic amines is 2. The smallest absolute Gasteiger partial charge is 0.352 e. The van der Waals surface area contributed by atoms with Crippen molar-refractivity contribution in [3.63, 3.8) is 0 Å². The maximum atomic E-state index is 11.2. The van der Waals surface area contributed by atoms with Crippen LogP contribution in [0.25, 0.3) is 0 Å². The van der Waals surface area contributed by atoms with Crippen LogP contribution in [0.4, 0.5) is 5.95 Å². The first kappa shape index (κ1) is 10.5. The summed E-state index contributed by atoms with van der Waals surface area (Å²) in [4.78, 5) is 19.5. The van der Waals surface area contributed by atoms with Gasteiger partial charge in [0.1, 0.15) is 11.6 Å². The molecule has 0 atom stereocenters. The third kappa shape index (κ3) is 1.84. The number of nitrogens with one attached hydrogen (secondary N) is 2. The lowest BCUT2D eigenvalue weighted by molar-refractivity contribution is -0.673. The third-order valence-electron chi connectivity index (χ3n) is 2.02. The molecule has 0 aliphatic heterocycles. The molecule has 0 saturated heterocycles. The van der Waals surface area contributed by atoms with E-state index in [1.807, 2.05) is 4.98 Å². The lowest BCUT2D eigenvalue weighted by Crippen LogP contribution is -2.36. The summed E-state index contributed by atoms with van der Waals surface area (Å²) < 4.78 is 1.58. The molecule has 0 aliphatic rings. The Kier molecular flexibility index (Phi) is 2.53. The summed E-state index contributed by atoms with van der Waals surface area (Å²) in [5, 5.41) is 10.9. The topological polar surface area (TPSA) is 114 Å². The minimum Gasteiger partial charge on any atom is -0.846 e. The molecule has 0 amide bonds. The maximum Gasteiger partial charge on any atom is 0.352 e. The molecule has 84 valence electrons. The highest BCUT2D eigenvalue weighted by molar-refractivity contribution is 6.30. The van der Waals surface area contributed by atoms with Crippen molar-refractivity contribution in [3.05, 3.63) is 33.5 Å². The molecule has 0 fully saturated rings. The fourth-order valence-corrected chi connectivity index (χ4v) is 1.41. The van der Waals surface area contributed by atoms with Crippen LogP contribution in [-0.4, -0.2) is 15.0 Å². The predicted molar refractivity (Wildman–Crippen MR) is 53.8 cm³/mol. The lowest BCUT2D eigenvalue weighted by Gasteiger charge is -2.07. The van der Waals surface area contributed by atoms with E-state index in [1.165, 1.54) is 0 Å². The number of rotatable bonds is 2.